The maximum atomic E-state index is 6.20. The molecule has 0 nitrogen and oxygen atoms in total. The Hall–Kier alpha value is -0.975. The highest BCUT2D eigenvalue weighted by atomic mass is 14.2. The lowest BCUT2D eigenvalue weighted by molar-refractivity contribution is 1.12. The first-order chi connectivity index (χ1) is 8.82. The molecule has 0 aromatic heterocycles. The van der Waals surface area contributed by atoms with Crippen molar-refractivity contribution in [3.05, 3.63) is 16.7 Å². The SMILES string of the molecule is [B]c1c([B])c([B])c2c(CC)c(C)c(C)c([B])c2c1[B]. The van der Waals surface area contributed by atoms with Gasteiger partial charge in [-0.3, -0.25) is 0 Å². The summed E-state index contributed by atoms with van der Waals surface area (Å²) in [5, 5.41) is 1.57. The van der Waals surface area contributed by atoms with Crippen LogP contribution in [0.3, 0.4) is 0 Å². The van der Waals surface area contributed by atoms with E-state index in [1.807, 2.05) is 13.8 Å². The molecule has 0 heterocycles. The van der Waals surface area contributed by atoms with Crippen molar-refractivity contribution in [2.45, 2.75) is 27.2 Å². The van der Waals surface area contributed by atoms with E-state index in [1.165, 1.54) is 0 Å². The quantitative estimate of drug-likeness (QED) is 0.499. The fraction of sp³-hybridized carbons (Fsp3) is 0.286. The molecule has 10 radical (unpaired) electrons. The molecule has 0 fully saturated rings. The Kier molecular flexibility index (Phi) is 3.68. The van der Waals surface area contributed by atoms with Gasteiger partial charge in [-0.05, 0) is 42.2 Å². The largest absolute Gasteiger partial charge is 0.115 e. The van der Waals surface area contributed by atoms with E-state index in [1.54, 1.807) is 0 Å². The van der Waals surface area contributed by atoms with Crippen molar-refractivity contribution in [1.29, 1.82) is 0 Å². The summed E-state index contributed by atoms with van der Waals surface area (Å²) in [6.07, 6.45) is 0.830. The van der Waals surface area contributed by atoms with Crippen LogP contribution < -0.4 is 27.3 Å². The lowest BCUT2D eigenvalue weighted by Gasteiger charge is -2.24. The highest BCUT2D eigenvalue weighted by molar-refractivity contribution is 6.68. The fourth-order valence-electron chi connectivity index (χ4n) is 2.67. The van der Waals surface area contributed by atoms with Gasteiger partial charge in [0.1, 0.15) is 39.2 Å². The average Bonchev–Trinajstić information content (AvgIpc) is 2.40. The van der Waals surface area contributed by atoms with Crippen LogP contribution in [0, 0.1) is 13.8 Å². The van der Waals surface area contributed by atoms with E-state index in [0.717, 1.165) is 33.9 Å². The molecular weight excluding hydrogens is 222 g/mol. The van der Waals surface area contributed by atoms with Crippen molar-refractivity contribution in [2.75, 3.05) is 0 Å². The molecule has 2 rings (SSSR count). The molecule has 0 aliphatic rings. The molecule has 0 saturated heterocycles. The molecule has 19 heavy (non-hydrogen) atoms. The molecule has 0 unspecified atom stereocenters. The maximum Gasteiger partial charge on any atom is 0.115 e. The van der Waals surface area contributed by atoms with Crippen LogP contribution in [-0.2, 0) is 6.42 Å². The van der Waals surface area contributed by atoms with Crippen LogP contribution in [0.15, 0.2) is 0 Å². The first kappa shape index (κ1) is 14.4. The summed E-state index contributed by atoms with van der Waals surface area (Å²) in [6.45, 7) is 6.08. The number of rotatable bonds is 1. The number of hydrogen-bond acceptors (Lipinski definition) is 0. The Labute approximate surface area is 121 Å². The second-order valence-corrected chi connectivity index (χ2v) is 4.90. The zero-order valence-electron chi connectivity index (χ0n) is 11.6. The number of benzene rings is 2. The van der Waals surface area contributed by atoms with Crippen LogP contribution in [-0.4, -0.2) is 39.2 Å². The molecule has 0 aliphatic heterocycles. The van der Waals surface area contributed by atoms with Crippen LogP contribution >= 0.6 is 0 Å². The van der Waals surface area contributed by atoms with Gasteiger partial charge in [0.25, 0.3) is 0 Å². The van der Waals surface area contributed by atoms with Gasteiger partial charge in [0, 0.05) is 0 Å². The highest BCUT2D eigenvalue weighted by Gasteiger charge is 2.16. The van der Waals surface area contributed by atoms with E-state index in [0.29, 0.717) is 27.3 Å². The van der Waals surface area contributed by atoms with Gasteiger partial charge < -0.3 is 0 Å². The fourth-order valence-corrected chi connectivity index (χ4v) is 2.67. The number of hydrogen-bond donors (Lipinski definition) is 0. The maximum absolute atomic E-state index is 6.20. The predicted molar refractivity (Wildman–Crippen MR) is 89.7 cm³/mol. The summed E-state index contributed by atoms with van der Waals surface area (Å²) < 4.78 is 0. The Morgan fingerprint density at radius 2 is 1.11 bits per heavy atom. The number of aryl methyl sites for hydroxylation is 1. The molecule has 0 spiro atoms. The normalized spacial score (nSPS) is 11.1. The van der Waals surface area contributed by atoms with Crippen LogP contribution in [0.25, 0.3) is 10.8 Å². The van der Waals surface area contributed by atoms with Crippen molar-refractivity contribution in [1.82, 2.24) is 0 Å². The smallest absolute Gasteiger partial charge is 0.110 e. The van der Waals surface area contributed by atoms with E-state index in [4.69, 9.17) is 39.2 Å². The van der Waals surface area contributed by atoms with Gasteiger partial charge >= 0.3 is 0 Å². The third kappa shape index (κ3) is 1.90. The van der Waals surface area contributed by atoms with E-state index in [9.17, 15) is 0 Å². The van der Waals surface area contributed by atoms with Gasteiger partial charge in [0.15, 0.2) is 0 Å². The molecule has 0 aliphatic carbocycles. The van der Waals surface area contributed by atoms with Gasteiger partial charge in [-0.25, -0.2) is 0 Å². The van der Waals surface area contributed by atoms with Gasteiger partial charge in [-0.1, -0.05) is 28.9 Å². The van der Waals surface area contributed by atoms with Crippen LogP contribution in [0.4, 0.5) is 0 Å². The lowest BCUT2D eigenvalue weighted by atomic mass is 9.61. The summed E-state index contributed by atoms with van der Waals surface area (Å²) >= 11 is 0. The zero-order valence-corrected chi connectivity index (χ0v) is 11.6. The predicted octanol–water partition coefficient (Wildman–Crippen LogP) is -2.01. The van der Waals surface area contributed by atoms with Gasteiger partial charge in [0.2, 0.25) is 0 Å². The standard InChI is InChI=1S/C14H11B5/c1-4-7-5(2)6(3)10(15)9-8(7)11(16)13(18)14(19)12(9)17/h4H2,1-3H3. The van der Waals surface area contributed by atoms with Crippen molar-refractivity contribution in [3.63, 3.8) is 0 Å². The van der Waals surface area contributed by atoms with Crippen molar-refractivity contribution in [2.24, 2.45) is 0 Å². The molecule has 0 amide bonds. The summed E-state index contributed by atoms with van der Waals surface area (Å²) in [7, 11) is 30.3. The molecule has 0 atom stereocenters. The minimum Gasteiger partial charge on any atom is -0.110 e. The van der Waals surface area contributed by atoms with Crippen molar-refractivity contribution < 1.29 is 0 Å². The average molecular weight is 233 g/mol. The topological polar surface area (TPSA) is 0 Å². The zero-order chi connectivity index (χ0) is 14.5. The van der Waals surface area contributed by atoms with Gasteiger partial charge in [-0.2, -0.15) is 0 Å². The van der Waals surface area contributed by atoms with Gasteiger partial charge in [0.05, 0.1) is 0 Å². The van der Waals surface area contributed by atoms with E-state index in [-0.39, 0.29) is 0 Å². The Morgan fingerprint density at radius 3 is 1.58 bits per heavy atom. The first-order valence-corrected chi connectivity index (χ1v) is 6.25. The molecule has 0 saturated carbocycles. The van der Waals surface area contributed by atoms with E-state index in [2.05, 4.69) is 6.92 Å². The van der Waals surface area contributed by atoms with Crippen LogP contribution in [0.1, 0.15) is 23.6 Å². The minimum absolute atomic E-state index is 0.307. The second kappa shape index (κ2) is 4.85. The van der Waals surface area contributed by atoms with E-state index < -0.39 is 0 Å². The summed E-state index contributed by atoms with van der Waals surface area (Å²) in [4.78, 5) is 0. The molecule has 5 heteroatoms. The monoisotopic (exact) mass is 234 g/mol. The first-order valence-electron chi connectivity index (χ1n) is 6.25. The Morgan fingerprint density at radius 1 is 0.632 bits per heavy atom. The van der Waals surface area contributed by atoms with Crippen LogP contribution in [0.5, 0.6) is 0 Å². The summed E-state index contributed by atoms with van der Waals surface area (Å²) in [6, 6.07) is 0. The third-order valence-electron chi connectivity index (χ3n) is 4.00. The van der Waals surface area contributed by atoms with Gasteiger partial charge in [-0.15, -0.1) is 10.9 Å². The van der Waals surface area contributed by atoms with E-state index >= 15 is 0 Å². The summed E-state index contributed by atoms with van der Waals surface area (Å²) in [5.74, 6) is 0. The highest BCUT2D eigenvalue weighted by Crippen LogP contribution is 2.20. The second-order valence-electron chi connectivity index (χ2n) is 4.90. The summed E-state index contributed by atoms with van der Waals surface area (Å²) in [5.41, 5.74) is 5.41. The Bertz CT molecular complexity index is 681. The molecule has 0 bridgehead atoms. The third-order valence-corrected chi connectivity index (χ3v) is 4.00. The van der Waals surface area contributed by atoms with Crippen molar-refractivity contribution >= 4 is 77.3 Å². The molecule has 2 aromatic rings. The number of fused-ring (bicyclic) bond motifs is 1. The Balaban J connectivity index is 3.21. The molecule has 82 valence electrons. The van der Waals surface area contributed by atoms with Crippen molar-refractivity contribution in [3.8, 4) is 0 Å². The minimum atomic E-state index is 0.307. The van der Waals surface area contributed by atoms with Crippen LogP contribution in [0.2, 0.25) is 0 Å². The molecular formula is C14H11B5. The lowest BCUT2D eigenvalue weighted by Crippen LogP contribution is -2.49. The molecule has 2 aromatic carbocycles. The molecule has 0 N–H and O–H groups in total.